The Hall–Kier alpha value is -0.650. The molecule has 0 aliphatic carbocycles. The van der Waals surface area contributed by atoms with Crippen LogP contribution in [0.4, 0.5) is 0 Å². The minimum atomic E-state index is -3.21. The third-order valence-electron chi connectivity index (χ3n) is 2.79. The molecular weight excluding hydrogens is 326 g/mol. The maximum Gasteiger partial charge on any atom is 0.179 e. The number of nitrogens with zero attached hydrogens (tertiary/aromatic N) is 1. The third-order valence-corrected chi connectivity index (χ3v) is 5.03. The van der Waals surface area contributed by atoms with E-state index in [0.29, 0.717) is 11.4 Å². The molecule has 19 heavy (non-hydrogen) atoms. The molecule has 106 valence electrons. The van der Waals surface area contributed by atoms with E-state index in [1.165, 1.54) is 0 Å². The Kier molecular flexibility index (Phi) is 6.23. The van der Waals surface area contributed by atoms with E-state index >= 15 is 0 Å². The smallest absolute Gasteiger partial charge is 0.179 e. The van der Waals surface area contributed by atoms with Crippen molar-refractivity contribution >= 4 is 25.8 Å². The van der Waals surface area contributed by atoms with Crippen molar-refractivity contribution in [3.8, 4) is 0 Å². The van der Waals surface area contributed by atoms with Crippen LogP contribution < -0.4 is 0 Å². The van der Waals surface area contributed by atoms with Gasteiger partial charge in [-0.2, -0.15) is 0 Å². The average Bonchev–Trinajstić information content (AvgIpc) is 2.34. The van der Waals surface area contributed by atoms with Gasteiger partial charge in [0.2, 0.25) is 0 Å². The van der Waals surface area contributed by atoms with Crippen molar-refractivity contribution in [2.45, 2.75) is 18.7 Å². The normalized spacial score (nSPS) is 11.8. The summed E-state index contributed by atoms with van der Waals surface area (Å²) in [5.41, 5.74) is 1.04. The third kappa shape index (κ3) is 5.47. The molecule has 0 radical (unpaired) electrons. The molecule has 0 atom stereocenters. The first kappa shape index (κ1) is 16.4. The molecule has 0 N–H and O–H groups in total. The molecule has 0 saturated carbocycles. The lowest BCUT2D eigenvalue weighted by Gasteiger charge is -2.20. The van der Waals surface area contributed by atoms with Crippen molar-refractivity contribution in [1.82, 2.24) is 4.90 Å². The highest BCUT2D eigenvalue weighted by Gasteiger charge is 2.15. The number of sulfone groups is 1. The average molecular weight is 346 g/mol. The Morgan fingerprint density at radius 3 is 2.37 bits per heavy atom. The maximum atomic E-state index is 12.2. The summed E-state index contributed by atoms with van der Waals surface area (Å²) in [5.74, 6) is 0.135. The van der Waals surface area contributed by atoms with Gasteiger partial charge in [-0.1, -0.05) is 35.0 Å². The van der Waals surface area contributed by atoms with E-state index in [1.807, 2.05) is 13.8 Å². The Balaban J connectivity index is 2.69. The number of rotatable bonds is 7. The second-order valence-corrected chi connectivity index (χ2v) is 7.62. The number of benzene rings is 1. The van der Waals surface area contributed by atoms with E-state index in [1.54, 1.807) is 24.3 Å². The van der Waals surface area contributed by atoms with Gasteiger partial charge < -0.3 is 0 Å². The van der Waals surface area contributed by atoms with Crippen molar-refractivity contribution in [2.24, 2.45) is 0 Å². The van der Waals surface area contributed by atoms with Gasteiger partial charge in [0.25, 0.3) is 0 Å². The van der Waals surface area contributed by atoms with Crippen molar-refractivity contribution in [3.63, 3.8) is 0 Å². The summed E-state index contributed by atoms with van der Waals surface area (Å²) in [6.07, 6.45) is 0. The molecule has 0 saturated heterocycles. The van der Waals surface area contributed by atoms with E-state index in [4.69, 9.17) is 0 Å². The van der Waals surface area contributed by atoms with Gasteiger partial charge in [-0.3, -0.25) is 4.90 Å². The molecule has 3 nitrogen and oxygen atoms in total. The van der Waals surface area contributed by atoms with Crippen LogP contribution in [0.5, 0.6) is 0 Å². The van der Waals surface area contributed by atoms with Gasteiger partial charge in [0.1, 0.15) is 0 Å². The summed E-state index contributed by atoms with van der Waals surface area (Å²) in [6.45, 7) is 9.93. The van der Waals surface area contributed by atoms with Crippen LogP contribution in [-0.2, 0) is 9.84 Å². The Morgan fingerprint density at radius 2 is 1.89 bits per heavy atom. The number of hydrogen-bond donors (Lipinski definition) is 0. The lowest BCUT2D eigenvalue weighted by molar-refractivity contribution is 0.330. The fourth-order valence-corrected chi connectivity index (χ4v) is 3.29. The quantitative estimate of drug-likeness (QED) is 0.712. The van der Waals surface area contributed by atoms with E-state index in [-0.39, 0.29) is 5.75 Å². The lowest BCUT2D eigenvalue weighted by Crippen LogP contribution is -2.30. The number of halogens is 1. The van der Waals surface area contributed by atoms with Crippen LogP contribution in [0.1, 0.15) is 13.8 Å². The monoisotopic (exact) mass is 345 g/mol. The summed E-state index contributed by atoms with van der Waals surface area (Å²) in [7, 11) is -3.21. The van der Waals surface area contributed by atoms with Gasteiger partial charge in [-0.15, -0.1) is 0 Å². The highest BCUT2D eigenvalue weighted by atomic mass is 79.9. The molecule has 1 rings (SSSR count). The van der Waals surface area contributed by atoms with Crippen LogP contribution in [0.15, 0.2) is 45.8 Å². The van der Waals surface area contributed by atoms with Crippen LogP contribution in [0.3, 0.4) is 0 Å². The Labute approximate surface area is 124 Å². The fourth-order valence-electron chi connectivity index (χ4n) is 1.74. The number of hydrogen-bond acceptors (Lipinski definition) is 3. The molecule has 1 aromatic carbocycles. The van der Waals surface area contributed by atoms with E-state index in [2.05, 4.69) is 27.4 Å². The molecule has 0 heterocycles. The van der Waals surface area contributed by atoms with Crippen LogP contribution in [0.25, 0.3) is 0 Å². The number of likely N-dealkylation sites (N-methyl/N-ethyl adjacent to an activating group) is 1. The van der Waals surface area contributed by atoms with Crippen molar-refractivity contribution < 1.29 is 8.42 Å². The second-order valence-electron chi connectivity index (χ2n) is 4.60. The second kappa shape index (κ2) is 7.22. The summed E-state index contributed by atoms with van der Waals surface area (Å²) in [5, 5.41) is 0. The standard InChI is InChI=1S/C14H20BrNO2S/c1-4-16(11-12(2)3)9-10-19(17,18)14-7-5-13(15)6-8-14/h5-8H,2,4,9-11H2,1,3H3. The van der Waals surface area contributed by atoms with Gasteiger partial charge >= 0.3 is 0 Å². The largest absolute Gasteiger partial charge is 0.299 e. The highest BCUT2D eigenvalue weighted by Crippen LogP contribution is 2.16. The van der Waals surface area contributed by atoms with E-state index < -0.39 is 9.84 Å². The van der Waals surface area contributed by atoms with Gasteiger partial charge in [0, 0.05) is 17.6 Å². The summed E-state index contributed by atoms with van der Waals surface area (Å²) in [6, 6.07) is 6.76. The van der Waals surface area contributed by atoms with Gasteiger partial charge in [0.15, 0.2) is 9.84 Å². The van der Waals surface area contributed by atoms with Crippen molar-refractivity contribution in [3.05, 3.63) is 40.9 Å². The molecule has 0 amide bonds. The molecule has 0 aliphatic heterocycles. The molecule has 1 aromatic rings. The molecule has 5 heteroatoms. The van der Waals surface area contributed by atoms with E-state index in [0.717, 1.165) is 23.1 Å². The summed E-state index contributed by atoms with van der Waals surface area (Å²) in [4.78, 5) is 2.46. The highest BCUT2D eigenvalue weighted by molar-refractivity contribution is 9.10. The maximum absolute atomic E-state index is 12.2. The van der Waals surface area contributed by atoms with Gasteiger partial charge in [-0.25, -0.2) is 8.42 Å². The molecule has 0 fully saturated rings. The Morgan fingerprint density at radius 1 is 1.32 bits per heavy atom. The van der Waals surface area contributed by atoms with Crippen LogP contribution in [0.2, 0.25) is 0 Å². The molecule has 0 unspecified atom stereocenters. The molecule has 0 aromatic heterocycles. The van der Waals surface area contributed by atoms with Gasteiger partial charge in [0.05, 0.1) is 10.6 Å². The van der Waals surface area contributed by atoms with Crippen molar-refractivity contribution in [2.75, 3.05) is 25.4 Å². The zero-order valence-corrected chi connectivity index (χ0v) is 13.8. The lowest BCUT2D eigenvalue weighted by atomic mass is 10.3. The predicted molar refractivity (Wildman–Crippen MR) is 83.1 cm³/mol. The van der Waals surface area contributed by atoms with E-state index in [9.17, 15) is 8.42 Å². The van der Waals surface area contributed by atoms with Crippen LogP contribution >= 0.6 is 15.9 Å². The zero-order valence-electron chi connectivity index (χ0n) is 11.4. The van der Waals surface area contributed by atoms with Crippen LogP contribution in [0, 0.1) is 0 Å². The first-order valence-electron chi connectivity index (χ1n) is 6.20. The molecule has 0 aliphatic rings. The van der Waals surface area contributed by atoms with Crippen LogP contribution in [-0.4, -0.2) is 38.7 Å². The predicted octanol–water partition coefficient (Wildman–Crippen LogP) is 3.12. The molecular formula is C14H20BrNO2S. The van der Waals surface area contributed by atoms with Crippen molar-refractivity contribution in [1.29, 1.82) is 0 Å². The zero-order chi connectivity index (χ0) is 14.5. The fraction of sp³-hybridized carbons (Fsp3) is 0.429. The minimum Gasteiger partial charge on any atom is -0.299 e. The van der Waals surface area contributed by atoms with Gasteiger partial charge in [-0.05, 0) is 37.7 Å². The SMILES string of the molecule is C=C(C)CN(CC)CCS(=O)(=O)c1ccc(Br)cc1. The molecule has 0 bridgehead atoms. The topological polar surface area (TPSA) is 37.4 Å². The molecule has 0 spiro atoms. The first-order valence-corrected chi connectivity index (χ1v) is 8.64. The minimum absolute atomic E-state index is 0.135. The summed E-state index contributed by atoms with van der Waals surface area (Å²) < 4.78 is 25.2. The Bertz CT molecular complexity index is 523. The summed E-state index contributed by atoms with van der Waals surface area (Å²) >= 11 is 3.30. The first-order chi connectivity index (χ1) is 8.85.